The zero-order chi connectivity index (χ0) is 16.3. The number of aliphatic hydroxyl groups excluding tert-OH is 1. The van der Waals surface area contributed by atoms with Crippen LogP contribution >= 0.6 is 0 Å². The molecule has 0 spiro atoms. The molecule has 0 saturated heterocycles. The molecule has 1 amide bonds. The van der Waals surface area contributed by atoms with Crippen molar-refractivity contribution in [3.05, 3.63) is 11.7 Å². The molecule has 0 saturated carbocycles. The third kappa shape index (κ3) is 5.83. The highest BCUT2D eigenvalue weighted by Crippen LogP contribution is 2.19. The summed E-state index contributed by atoms with van der Waals surface area (Å²) in [5.41, 5.74) is -0.414. The van der Waals surface area contributed by atoms with Gasteiger partial charge in [0.25, 0.3) is 0 Å². The maximum Gasteiger partial charge on any atom is 0.227 e. The summed E-state index contributed by atoms with van der Waals surface area (Å²) in [5.74, 6) is 0.973. The lowest BCUT2D eigenvalue weighted by atomic mass is 9.89. The van der Waals surface area contributed by atoms with Gasteiger partial charge in [0.05, 0.1) is 6.10 Å². The Kier molecular flexibility index (Phi) is 5.50. The van der Waals surface area contributed by atoms with Crippen molar-refractivity contribution in [2.24, 2.45) is 5.41 Å². The Balaban J connectivity index is 2.39. The lowest BCUT2D eigenvalue weighted by molar-refractivity contribution is -0.121. The normalized spacial score (nSPS) is 14.0. The number of rotatable bonds is 5. The fraction of sp³-hybridized carbons (Fsp3) is 0.800. The van der Waals surface area contributed by atoms with Crippen LogP contribution in [-0.4, -0.2) is 33.8 Å². The predicted molar refractivity (Wildman–Crippen MR) is 79.8 cm³/mol. The van der Waals surface area contributed by atoms with Gasteiger partial charge in [-0.3, -0.25) is 4.79 Å². The van der Waals surface area contributed by atoms with Crippen LogP contribution < -0.4 is 5.32 Å². The minimum Gasteiger partial charge on any atom is -0.391 e. The second kappa shape index (κ2) is 6.56. The van der Waals surface area contributed by atoms with Crippen LogP contribution in [0.15, 0.2) is 4.52 Å². The van der Waals surface area contributed by atoms with Crippen molar-refractivity contribution in [2.75, 3.05) is 6.54 Å². The van der Waals surface area contributed by atoms with Crippen LogP contribution in [0, 0.1) is 5.41 Å². The third-order valence-corrected chi connectivity index (χ3v) is 3.20. The van der Waals surface area contributed by atoms with Crippen LogP contribution in [0.5, 0.6) is 0 Å². The SMILES string of the molecule is CC(C)(C)c1noc(CCC(=O)NCC(O)C(C)(C)C)n1. The lowest BCUT2D eigenvalue weighted by Crippen LogP contribution is -2.39. The maximum atomic E-state index is 11.7. The number of amides is 1. The van der Waals surface area contributed by atoms with Crippen molar-refractivity contribution in [3.63, 3.8) is 0 Å². The number of aromatic nitrogens is 2. The lowest BCUT2D eigenvalue weighted by Gasteiger charge is -2.25. The molecule has 1 atom stereocenters. The predicted octanol–water partition coefficient (Wildman–Crippen LogP) is 1.82. The summed E-state index contributed by atoms with van der Waals surface area (Å²) in [6.07, 6.45) is 0.0979. The number of carbonyl (C=O) groups is 1. The van der Waals surface area contributed by atoms with Crippen LogP contribution in [0.3, 0.4) is 0 Å². The fourth-order valence-electron chi connectivity index (χ4n) is 1.49. The highest BCUT2D eigenvalue weighted by Gasteiger charge is 2.23. The largest absolute Gasteiger partial charge is 0.391 e. The standard InChI is InChI=1S/C15H27N3O3/c1-14(2,3)10(19)9-16-11(20)7-8-12-17-13(18-21-12)15(4,5)6/h10,19H,7-9H2,1-6H3,(H,16,20). The number of hydrogen-bond acceptors (Lipinski definition) is 5. The van der Waals surface area contributed by atoms with E-state index in [9.17, 15) is 9.90 Å². The second-order valence-electron chi connectivity index (χ2n) is 7.45. The van der Waals surface area contributed by atoms with E-state index in [0.29, 0.717) is 18.1 Å². The van der Waals surface area contributed by atoms with Crippen LogP contribution in [-0.2, 0) is 16.6 Å². The number of nitrogens with zero attached hydrogens (tertiary/aromatic N) is 2. The molecule has 0 bridgehead atoms. The van der Waals surface area contributed by atoms with Gasteiger partial charge < -0.3 is 14.9 Å². The minimum absolute atomic E-state index is 0.131. The van der Waals surface area contributed by atoms with Gasteiger partial charge in [0.15, 0.2) is 5.82 Å². The van der Waals surface area contributed by atoms with Crippen LogP contribution in [0.4, 0.5) is 0 Å². The van der Waals surface area contributed by atoms with Gasteiger partial charge in [0.1, 0.15) is 0 Å². The molecule has 1 rings (SSSR count). The number of aliphatic hydroxyl groups is 1. The van der Waals surface area contributed by atoms with E-state index in [1.807, 2.05) is 41.5 Å². The van der Waals surface area contributed by atoms with Gasteiger partial charge >= 0.3 is 0 Å². The number of nitrogens with one attached hydrogen (secondary N) is 1. The zero-order valence-corrected chi connectivity index (χ0v) is 13.9. The van der Waals surface area contributed by atoms with Crippen molar-refractivity contribution < 1.29 is 14.4 Å². The van der Waals surface area contributed by atoms with Crippen LogP contribution in [0.1, 0.15) is 59.7 Å². The number of aryl methyl sites for hydroxylation is 1. The Hall–Kier alpha value is -1.43. The fourth-order valence-corrected chi connectivity index (χ4v) is 1.49. The Morgan fingerprint density at radius 2 is 1.90 bits per heavy atom. The topological polar surface area (TPSA) is 88.2 Å². The van der Waals surface area contributed by atoms with Gasteiger partial charge in [0, 0.05) is 24.8 Å². The van der Waals surface area contributed by atoms with E-state index in [4.69, 9.17) is 4.52 Å². The molecule has 1 unspecified atom stereocenters. The van der Waals surface area contributed by atoms with E-state index in [2.05, 4.69) is 15.5 Å². The van der Waals surface area contributed by atoms with Gasteiger partial charge in [-0.2, -0.15) is 4.98 Å². The van der Waals surface area contributed by atoms with E-state index in [-0.39, 0.29) is 29.7 Å². The Bertz CT molecular complexity index is 469. The van der Waals surface area contributed by atoms with Crippen LogP contribution in [0.2, 0.25) is 0 Å². The Morgan fingerprint density at radius 3 is 2.38 bits per heavy atom. The average Bonchev–Trinajstić information content (AvgIpc) is 2.80. The van der Waals surface area contributed by atoms with Gasteiger partial charge in [-0.1, -0.05) is 46.7 Å². The number of carbonyl (C=O) groups excluding carboxylic acids is 1. The highest BCUT2D eigenvalue weighted by atomic mass is 16.5. The minimum atomic E-state index is -0.572. The summed E-state index contributed by atoms with van der Waals surface area (Å²) in [4.78, 5) is 16.0. The first-order chi connectivity index (χ1) is 9.50. The van der Waals surface area contributed by atoms with Gasteiger partial charge in [0.2, 0.25) is 11.8 Å². The summed E-state index contributed by atoms with van der Waals surface area (Å²) < 4.78 is 5.13. The average molecular weight is 297 g/mol. The molecule has 0 fully saturated rings. The smallest absolute Gasteiger partial charge is 0.227 e. The zero-order valence-electron chi connectivity index (χ0n) is 13.9. The molecule has 0 aliphatic heterocycles. The van der Waals surface area contributed by atoms with Crippen molar-refractivity contribution in [3.8, 4) is 0 Å². The summed E-state index contributed by atoms with van der Waals surface area (Å²) >= 11 is 0. The van der Waals surface area contributed by atoms with Crippen LogP contribution in [0.25, 0.3) is 0 Å². The van der Waals surface area contributed by atoms with E-state index in [0.717, 1.165) is 0 Å². The van der Waals surface area contributed by atoms with E-state index >= 15 is 0 Å². The molecular weight excluding hydrogens is 270 g/mol. The Morgan fingerprint density at radius 1 is 1.29 bits per heavy atom. The molecule has 0 aromatic carbocycles. The quantitative estimate of drug-likeness (QED) is 0.865. The van der Waals surface area contributed by atoms with Gasteiger partial charge in [-0.25, -0.2) is 0 Å². The molecule has 1 aromatic rings. The molecule has 0 aliphatic rings. The van der Waals surface area contributed by atoms with Crippen molar-refractivity contribution in [1.29, 1.82) is 0 Å². The summed E-state index contributed by atoms with van der Waals surface area (Å²) in [6, 6.07) is 0. The molecule has 2 N–H and O–H groups in total. The van der Waals surface area contributed by atoms with Crippen molar-refractivity contribution in [1.82, 2.24) is 15.5 Å². The number of hydrogen-bond donors (Lipinski definition) is 2. The van der Waals surface area contributed by atoms with E-state index in [1.165, 1.54) is 0 Å². The van der Waals surface area contributed by atoms with Crippen molar-refractivity contribution in [2.45, 2.75) is 65.9 Å². The first-order valence-corrected chi connectivity index (χ1v) is 7.28. The van der Waals surface area contributed by atoms with Crippen molar-refractivity contribution >= 4 is 5.91 Å². The molecule has 0 radical (unpaired) electrons. The van der Waals surface area contributed by atoms with Gasteiger partial charge in [-0.15, -0.1) is 0 Å². The first kappa shape index (κ1) is 17.6. The molecule has 1 aromatic heterocycles. The highest BCUT2D eigenvalue weighted by molar-refractivity contribution is 5.76. The molecule has 1 heterocycles. The summed E-state index contributed by atoms with van der Waals surface area (Å²) in [7, 11) is 0. The third-order valence-electron chi connectivity index (χ3n) is 3.20. The summed E-state index contributed by atoms with van der Waals surface area (Å²) in [6.45, 7) is 12.0. The molecule has 21 heavy (non-hydrogen) atoms. The maximum absolute atomic E-state index is 11.7. The molecular formula is C15H27N3O3. The molecule has 0 aliphatic carbocycles. The molecule has 120 valence electrons. The molecule has 6 heteroatoms. The monoisotopic (exact) mass is 297 g/mol. The second-order valence-corrected chi connectivity index (χ2v) is 7.45. The van der Waals surface area contributed by atoms with E-state index in [1.54, 1.807) is 0 Å². The molecule has 6 nitrogen and oxygen atoms in total. The first-order valence-electron chi connectivity index (χ1n) is 7.28. The van der Waals surface area contributed by atoms with E-state index < -0.39 is 6.10 Å². The Labute approximate surface area is 126 Å². The van der Waals surface area contributed by atoms with Gasteiger partial charge in [-0.05, 0) is 5.41 Å². The summed E-state index contributed by atoms with van der Waals surface area (Å²) in [5, 5.41) is 16.5.